The van der Waals surface area contributed by atoms with Crippen molar-refractivity contribution in [3.05, 3.63) is 35.6 Å². The Labute approximate surface area is 134 Å². The molecule has 7 heteroatoms. The fourth-order valence-electron chi connectivity index (χ4n) is 1.76. The number of methoxy groups -OCH3 is 1. The number of nitrogens with one attached hydrogen (secondary N) is 1. The smallest absolute Gasteiger partial charge is 0.328 e. The number of rotatable bonds is 5. The Morgan fingerprint density at radius 3 is 2.43 bits per heavy atom. The number of hydrogen-bond acceptors (Lipinski definition) is 5. The maximum atomic E-state index is 13.1. The molecular formula is C16H20FNO5. The van der Waals surface area contributed by atoms with Crippen LogP contribution in [0.4, 0.5) is 4.39 Å². The molecule has 1 N–H and O–H groups in total. The molecule has 1 atom stereocenters. The molecule has 23 heavy (non-hydrogen) atoms. The largest absolute Gasteiger partial charge is 0.467 e. The molecule has 126 valence electrons. The number of benzene rings is 1. The number of carbonyl (C=O) groups is 3. The van der Waals surface area contributed by atoms with Crippen molar-refractivity contribution in [1.82, 2.24) is 5.32 Å². The van der Waals surface area contributed by atoms with E-state index in [1.165, 1.54) is 18.2 Å². The average molecular weight is 325 g/mol. The highest BCUT2D eigenvalue weighted by atomic mass is 19.1. The van der Waals surface area contributed by atoms with E-state index < -0.39 is 35.3 Å². The lowest BCUT2D eigenvalue weighted by molar-refractivity contribution is -0.158. The topological polar surface area (TPSA) is 81.7 Å². The van der Waals surface area contributed by atoms with Crippen molar-refractivity contribution in [3.8, 4) is 0 Å². The Kier molecular flexibility index (Phi) is 6.24. The summed E-state index contributed by atoms with van der Waals surface area (Å²) >= 11 is 0. The first-order valence-electron chi connectivity index (χ1n) is 6.98. The predicted octanol–water partition coefficient (Wildman–Crippen LogP) is 1.83. The number of ether oxygens (including phenoxy) is 2. The Balaban J connectivity index is 2.81. The summed E-state index contributed by atoms with van der Waals surface area (Å²) in [5.41, 5.74) is -0.687. The lowest BCUT2D eigenvalue weighted by atomic mass is 10.1. The first-order valence-corrected chi connectivity index (χ1v) is 6.98. The molecule has 0 radical (unpaired) electrons. The van der Waals surface area contributed by atoms with E-state index in [2.05, 4.69) is 10.1 Å². The number of hydrogen-bond donors (Lipinski definition) is 1. The van der Waals surface area contributed by atoms with Crippen LogP contribution in [-0.2, 0) is 19.1 Å². The summed E-state index contributed by atoms with van der Waals surface area (Å²) in [6.45, 7) is 5.05. The van der Waals surface area contributed by atoms with Crippen LogP contribution in [0.2, 0.25) is 0 Å². The third kappa shape index (κ3) is 6.46. The van der Waals surface area contributed by atoms with Crippen LogP contribution in [0.25, 0.3) is 0 Å². The van der Waals surface area contributed by atoms with Crippen LogP contribution >= 0.6 is 0 Å². The van der Waals surface area contributed by atoms with Gasteiger partial charge in [0.05, 0.1) is 13.5 Å². The molecule has 0 saturated carbocycles. The molecule has 0 aromatic heterocycles. The summed E-state index contributed by atoms with van der Waals surface area (Å²) in [6, 6.07) is 3.75. The van der Waals surface area contributed by atoms with Gasteiger partial charge in [-0.2, -0.15) is 0 Å². The van der Waals surface area contributed by atoms with Gasteiger partial charge >= 0.3 is 11.9 Å². The monoisotopic (exact) mass is 325 g/mol. The van der Waals surface area contributed by atoms with Crippen molar-refractivity contribution in [2.45, 2.75) is 38.8 Å². The summed E-state index contributed by atoms with van der Waals surface area (Å²) in [6.07, 6.45) is -0.384. The molecule has 0 bridgehead atoms. The molecule has 0 saturated heterocycles. The van der Waals surface area contributed by atoms with Crippen LogP contribution in [0.5, 0.6) is 0 Å². The maximum absolute atomic E-state index is 13.1. The third-order valence-corrected chi connectivity index (χ3v) is 2.67. The van der Waals surface area contributed by atoms with Gasteiger partial charge in [0.2, 0.25) is 0 Å². The Morgan fingerprint density at radius 1 is 1.26 bits per heavy atom. The summed E-state index contributed by atoms with van der Waals surface area (Å²) in [7, 11) is 1.14. The highest BCUT2D eigenvalue weighted by molar-refractivity contribution is 5.97. The van der Waals surface area contributed by atoms with Crippen LogP contribution < -0.4 is 5.32 Å². The van der Waals surface area contributed by atoms with Gasteiger partial charge in [-0.15, -0.1) is 0 Å². The normalized spacial score (nSPS) is 12.2. The predicted molar refractivity (Wildman–Crippen MR) is 80.1 cm³/mol. The Morgan fingerprint density at radius 2 is 1.91 bits per heavy atom. The quantitative estimate of drug-likeness (QED) is 0.835. The number of esters is 2. The van der Waals surface area contributed by atoms with E-state index in [-0.39, 0.29) is 12.0 Å². The number of halogens is 1. The van der Waals surface area contributed by atoms with Crippen LogP contribution in [0.1, 0.15) is 37.6 Å². The van der Waals surface area contributed by atoms with Gasteiger partial charge in [-0.3, -0.25) is 9.59 Å². The molecule has 1 amide bonds. The van der Waals surface area contributed by atoms with E-state index in [1.54, 1.807) is 20.8 Å². The maximum Gasteiger partial charge on any atom is 0.328 e. The molecule has 0 aliphatic rings. The van der Waals surface area contributed by atoms with Gasteiger partial charge in [0.15, 0.2) is 0 Å². The standard InChI is InChI=1S/C16H20FNO5/c1-16(2,3)23-13(19)9-12(15(21)22-4)18-14(20)10-6-5-7-11(17)8-10/h5-8,12H,9H2,1-4H3,(H,18,20)/t12-/m0/s1. The van der Waals surface area contributed by atoms with Gasteiger partial charge in [0.25, 0.3) is 5.91 Å². The van der Waals surface area contributed by atoms with Gasteiger partial charge in [-0.25, -0.2) is 9.18 Å². The van der Waals surface area contributed by atoms with E-state index in [1.807, 2.05) is 0 Å². The van der Waals surface area contributed by atoms with E-state index in [0.717, 1.165) is 13.2 Å². The number of carbonyl (C=O) groups excluding carboxylic acids is 3. The van der Waals surface area contributed by atoms with Crippen molar-refractivity contribution in [2.24, 2.45) is 0 Å². The minimum Gasteiger partial charge on any atom is -0.467 e. The van der Waals surface area contributed by atoms with Gasteiger partial charge < -0.3 is 14.8 Å². The SMILES string of the molecule is COC(=O)[C@H](CC(=O)OC(C)(C)C)NC(=O)c1cccc(F)c1. The molecule has 0 heterocycles. The molecule has 0 aliphatic heterocycles. The zero-order valence-corrected chi connectivity index (χ0v) is 13.5. The summed E-state index contributed by atoms with van der Waals surface area (Å²) in [5, 5.41) is 2.35. The average Bonchev–Trinajstić information content (AvgIpc) is 2.43. The zero-order valence-electron chi connectivity index (χ0n) is 13.5. The molecule has 0 unspecified atom stereocenters. The lowest BCUT2D eigenvalue weighted by Crippen LogP contribution is -2.43. The fourth-order valence-corrected chi connectivity index (χ4v) is 1.76. The minimum absolute atomic E-state index is 0.0306. The van der Waals surface area contributed by atoms with Crippen LogP contribution in [0.15, 0.2) is 24.3 Å². The highest BCUT2D eigenvalue weighted by Crippen LogP contribution is 2.11. The fraction of sp³-hybridized carbons (Fsp3) is 0.438. The van der Waals surface area contributed by atoms with Crippen LogP contribution in [0, 0.1) is 5.82 Å². The summed E-state index contributed by atoms with van der Waals surface area (Å²) in [5.74, 6) is -2.73. The molecule has 0 aliphatic carbocycles. The summed E-state index contributed by atoms with van der Waals surface area (Å²) < 4.78 is 22.8. The van der Waals surface area contributed by atoms with Crippen molar-refractivity contribution in [3.63, 3.8) is 0 Å². The second kappa shape index (κ2) is 7.71. The van der Waals surface area contributed by atoms with E-state index >= 15 is 0 Å². The zero-order chi connectivity index (χ0) is 17.6. The van der Waals surface area contributed by atoms with E-state index in [9.17, 15) is 18.8 Å². The van der Waals surface area contributed by atoms with Crippen molar-refractivity contribution >= 4 is 17.8 Å². The third-order valence-electron chi connectivity index (χ3n) is 2.67. The molecule has 0 spiro atoms. The van der Waals surface area contributed by atoms with Gasteiger partial charge in [0.1, 0.15) is 17.5 Å². The van der Waals surface area contributed by atoms with Gasteiger partial charge in [0, 0.05) is 5.56 Å². The first kappa shape index (κ1) is 18.6. The lowest BCUT2D eigenvalue weighted by Gasteiger charge is -2.22. The van der Waals surface area contributed by atoms with Crippen LogP contribution in [-0.4, -0.2) is 36.6 Å². The van der Waals surface area contributed by atoms with E-state index in [0.29, 0.717) is 0 Å². The van der Waals surface area contributed by atoms with Crippen molar-refractivity contribution in [1.29, 1.82) is 0 Å². The summed E-state index contributed by atoms with van der Waals surface area (Å²) in [4.78, 5) is 35.6. The molecule has 1 rings (SSSR count). The highest BCUT2D eigenvalue weighted by Gasteiger charge is 2.28. The number of amides is 1. The Hall–Kier alpha value is -2.44. The molecule has 1 aromatic rings. The van der Waals surface area contributed by atoms with Crippen LogP contribution in [0.3, 0.4) is 0 Å². The second-order valence-electron chi connectivity index (χ2n) is 5.85. The molecule has 0 fully saturated rings. The van der Waals surface area contributed by atoms with E-state index in [4.69, 9.17) is 4.74 Å². The molecule has 1 aromatic carbocycles. The minimum atomic E-state index is -1.22. The Bertz CT molecular complexity index is 594. The van der Waals surface area contributed by atoms with Crippen molar-refractivity contribution in [2.75, 3.05) is 7.11 Å². The molecule has 6 nitrogen and oxygen atoms in total. The van der Waals surface area contributed by atoms with Crippen molar-refractivity contribution < 1.29 is 28.2 Å². The molecular weight excluding hydrogens is 305 g/mol. The second-order valence-corrected chi connectivity index (χ2v) is 5.85. The first-order chi connectivity index (χ1) is 10.6. The van der Waals surface area contributed by atoms with Gasteiger partial charge in [-0.05, 0) is 39.0 Å². The van der Waals surface area contributed by atoms with Gasteiger partial charge in [-0.1, -0.05) is 6.07 Å².